The van der Waals surface area contributed by atoms with Crippen LogP contribution >= 0.6 is 15.9 Å². The summed E-state index contributed by atoms with van der Waals surface area (Å²) < 4.78 is 13.4. The summed E-state index contributed by atoms with van der Waals surface area (Å²) >= 11 is 3.23. The number of benzene rings is 1. The topological polar surface area (TPSA) is 20.2 Å². The van der Waals surface area contributed by atoms with Gasteiger partial charge in [0, 0.05) is 17.3 Å². The summed E-state index contributed by atoms with van der Waals surface area (Å²) in [4.78, 5) is 0. The van der Waals surface area contributed by atoms with Crippen molar-refractivity contribution in [3.63, 3.8) is 0 Å². The van der Waals surface area contributed by atoms with E-state index < -0.39 is 5.82 Å². The molecule has 0 aliphatic rings. The maximum atomic E-state index is 13.4. The van der Waals surface area contributed by atoms with Crippen molar-refractivity contribution in [2.24, 2.45) is 0 Å². The SMILES string of the molecule is OCc1cccc(C#CCCBr)c1F. The molecular formula is C11H10BrFO. The van der Waals surface area contributed by atoms with Crippen molar-refractivity contribution in [1.82, 2.24) is 0 Å². The lowest BCUT2D eigenvalue weighted by Crippen LogP contribution is -1.92. The molecule has 0 bridgehead atoms. The van der Waals surface area contributed by atoms with E-state index in [0.717, 1.165) is 5.33 Å². The fourth-order valence-corrected chi connectivity index (χ4v) is 1.20. The van der Waals surface area contributed by atoms with Crippen molar-refractivity contribution in [2.75, 3.05) is 5.33 Å². The fourth-order valence-electron chi connectivity index (χ4n) is 1.00. The van der Waals surface area contributed by atoms with E-state index in [4.69, 9.17) is 5.11 Å². The van der Waals surface area contributed by atoms with Gasteiger partial charge in [0.1, 0.15) is 5.82 Å². The Bertz CT molecular complexity index is 365. The Labute approximate surface area is 91.1 Å². The van der Waals surface area contributed by atoms with Gasteiger partial charge in [-0.25, -0.2) is 4.39 Å². The Kier molecular flexibility index (Phi) is 4.64. The predicted octanol–water partition coefficient (Wildman–Crippen LogP) is 2.45. The van der Waals surface area contributed by atoms with Gasteiger partial charge in [0.15, 0.2) is 0 Å². The van der Waals surface area contributed by atoms with Crippen LogP contribution in [-0.2, 0) is 6.61 Å². The number of halogens is 2. The Morgan fingerprint density at radius 1 is 1.43 bits per heavy atom. The quantitative estimate of drug-likeness (QED) is 0.637. The Balaban J connectivity index is 2.94. The zero-order chi connectivity index (χ0) is 10.4. The standard InChI is InChI=1S/C11H10BrFO/c12-7-2-1-4-9-5-3-6-10(8-14)11(9)13/h3,5-6,14H,2,7-8H2. The summed E-state index contributed by atoms with van der Waals surface area (Å²) in [6.07, 6.45) is 0.683. The molecule has 1 aromatic carbocycles. The summed E-state index contributed by atoms with van der Waals surface area (Å²) in [6, 6.07) is 4.84. The highest BCUT2D eigenvalue weighted by atomic mass is 79.9. The average molecular weight is 257 g/mol. The first-order chi connectivity index (χ1) is 6.79. The maximum absolute atomic E-state index is 13.4. The third-order valence-corrected chi connectivity index (χ3v) is 2.09. The lowest BCUT2D eigenvalue weighted by atomic mass is 10.1. The van der Waals surface area contributed by atoms with Gasteiger partial charge in [-0.3, -0.25) is 0 Å². The van der Waals surface area contributed by atoms with Gasteiger partial charge >= 0.3 is 0 Å². The molecule has 0 amide bonds. The van der Waals surface area contributed by atoms with Crippen LogP contribution < -0.4 is 0 Å². The van der Waals surface area contributed by atoms with Crippen molar-refractivity contribution in [3.05, 3.63) is 35.1 Å². The lowest BCUT2D eigenvalue weighted by Gasteiger charge is -1.99. The summed E-state index contributed by atoms with van der Waals surface area (Å²) in [7, 11) is 0. The van der Waals surface area contributed by atoms with Crippen LogP contribution in [0.1, 0.15) is 17.5 Å². The molecule has 3 heteroatoms. The zero-order valence-corrected chi connectivity index (χ0v) is 9.14. The average Bonchev–Trinajstić information content (AvgIpc) is 2.21. The second-order valence-electron chi connectivity index (χ2n) is 2.68. The fraction of sp³-hybridized carbons (Fsp3) is 0.273. The van der Waals surface area contributed by atoms with Crippen LogP contribution in [0.5, 0.6) is 0 Å². The molecule has 1 nitrogen and oxygen atoms in total. The molecule has 0 aromatic heterocycles. The van der Waals surface area contributed by atoms with E-state index in [1.54, 1.807) is 18.2 Å². The van der Waals surface area contributed by atoms with Gasteiger partial charge in [-0.1, -0.05) is 39.9 Å². The minimum atomic E-state index is -0.419. The van der Waals surface area contributed by atoms with Crippen LogP contribution in [0.3, 0.4) is 0 Å². The first-order valence-electron chi connectivity index (χ1n) is 4.22. The summed E-state index contributed by atoms with van der Waals surface area (Å²) in [5, 5.41) is 9.60. The maximum Gasteiger partial charge on any atom is 0.144 e. The van der Waals surface area contributed by atoms with E-state index in [1.807, 2.05) is 0 Å². The molecule has 0 radical (unpaired) electrons. The molecule has 0 aliphatic carbocycles. The molecule has 0 saturated carbocycles. The summed E-state index contributed by atoms with van der Waals surface area (Å²) in [6.45, 7) is -0.292. The summed E-state index contributed by atoms with van der Waals surface area (Å²) in [5.41, 5.74) is 0.633. The highest BCUT2D eigenvalue weighted by Crippen LogP contribution is 2.11. The van der Waals surface area contributed by atoms with Crippen molar-refractivity contribution in [1.29, 1.82) is 0 Å². The van der Waals surface area contributed by atoms with Crippen LogP contribution in [0.2, 0.25) is 0 Å². The number of rotatable bonds is 2. The molecule has 74 valence electrons. The van der Waals surface area contributed by atoms with E-state index in [0.29, 0.717) is 12.0 Å². The lowest BCUT2D eigenvalue weighted by molar-refractivity contribution is 0.275. The van der Waals surface area contributed by atoms with Gasteiger partial charge in [-0.05, 0) is 6.07 Å². The van der Waals surface area contributed by atoms with Crippen molar-refractivity contribution in [3.8, 4) is 11.8 Å². The number of hydrogen-bond donors (Lipinski definition) is 1. The number of aliphatic hydroxyl groups is 1. The van der Waals surface area contributed by atoms with E-state index in [9.17, 15) is 4.39 Å². The molecule has 0 spiro atoms. The third-order valence-electron chi connectivity index (χ3n) is 1.69. The second-order valence-corrected chi connectivity index (χ2v) is 3.47. The Hall–Kier alpha value is -0.850. The monoisotopic (exact) mass is 256 g/mol. The first-order valence-corrected chi connectivity index (χ1v) is 5.35. The smallest absolute Gasteiger partial charge is 0.144 e. The highest BCUT2D eigenvalue weighted by Gasteiger charge is 2.03. The van der Waals surface area contributed by atoms with Crippen molar-refractivity contribution in [2.45, 2.75) is 13.0 Å². The largest absolute Gasteiger partial charge is 0.392 e. The highest BCUT2D eigenvalue weighted by molar-refractivity contribution is 9.09. The van der Waals surface area contributed by atoms with Crippen LogP contribution in [0.25, 0.3) is 0 Å². The van der Waals surface area contributed by atoms with Gasteiger partial charge in [-0.15, -0.1) is 0 Å². The third kappa shape index (κ3) is 2.83. The normalized spacial score (nSPS) is 9.36. The van der Waals surface area contributed by atoms with Crippen molar-refractivity contribution < 1.29 is 9.50 Å². The first kappa shape index (κ1) is 11.2. The Morgan fingerprint density at radius 3 is 2.86 bits per heavy atom. The molecule has 0 fully saturated rings. The predicted molar refractivity (Wildman–Crippen MR) is 57.6 cm³/mol. The second kappa shape index (κ2) is 5.79. The molecule has 1 aromatic rings. The number of aliphatic hydroxyl groups excluding tert-OH is 1. The molecule has 0 atom stereocenters. The van der Waals surface area contributed by atoms with Crippen LogP contribution in [-0.4, -0.2) is 10.4 Å². The molecular weight excluding hydrogens is 247 g/mol. The molecule has 0 heterocycles. The molecule has 1 N–H and O–H groups in total. The molecule has 14 heavy (non-hydrogen) atoms. The van der Waals surface area contributed by atoms with E-state index in [1.165, 1.54) is 0 Å². The zero-order valence-electron chi connectivity index (χ0n) is 7.56. The van der Waals surface area contributed by atoms with Gasteiger partial charge in [0.25, 0.3) is 0 Å². The number of alkyl halides is 1. The van der Waals surface area contributed by atoms with Crippen molar-refractivity contribution >= 4 is 15.9 Å². The molecule has 1 rings (SSSR count). The minimum absolute atomic E-state index is 0.288. The Morgan fingerprint density at radius 2 is 2.21 bits per heavy atom. The van der Waals surface area contributed by atoms with E-state index in [-0.39, 0.29) is 12.2 Å². The van der Waals surface area contributed by atoms with E-state index >= 15 is 0 Å². The molecule has 0 aliphatic heterocycles. The van der Waals surface area contributed by atoms with Crippen LogP contribution in [0, 0.1) is 17.7 Å². The molecule has 0 unspecified atom stereocenters. The molecule has 0 saturated heterocycles. The van der Waals surface area contributed by atoms with Gasteiger partial charge < -0.3 is 5.11 Å². The van der Waals surface area contributed by atoms with Crippen LogP contribution in [0.15, 0.2) is 18.2 Å². The van der Waals surface area contributed by atoms with Gasteiger partial charge in [0.05, 0.1) is 12.2 Å². The number of hydrogen-bond acceptors (Lipinski definition) is 1. The summed E-state index contributed by atoms with van der Waals surface area (Å²) in [5.74, 6) is 5.13. The van der Waals surface area contributed by atoms with Crippen LogP contribution in [0.4, 0.5) is 4.39 Å². The van der Waals surface area contributed by atoms with Gasteiger partial charge in [-0.2, -0.15) is 0 Å². The van der Waals surface area contributed by atoms with E-state index in [2.05, 4.69) is 27.8 Å². The minimum Gasteiger partial charge on any atom is -0.392 e. The van der Waals surface area contributed by atoms with Gasteiger partial charge in [0.2, 0.25) is 0 Å².